The Labute approximate surface area is 68.6 Å². The maximum absolute atomic E-state index is 11.5. The molecule has 0 aliphatic carbocycles. The molecule has 1 aliphatic rings. The van der Waals surface area contributed by atoms with Gasteiger partial charge in [0.1, 0.15) is 0 Å². The molecule has 1 amide bonds. The summed E-state index contributed by atoms with van der Waals surface area (Å²) in [6.07, 6.45) is 3.36. The molecular formula is C9H17NO. The molecule has 1 fully saturated rings. The highest BCUT2D eigenvalue weighted by molar-refractivity contribution is 5.78. The third kappa shape index (κ3) is 1.95. The molecule has 0 N–H and O–H groups in total. The van der Waals surface area contributed by atoms with E-state index in [4.69, 9.17) is 0 Å². The number of carbonyl (C=O) groups is 1. The topological polar surface area (TPSA) is 20.3 Å². The van der Waals surface area contributed by atoms with Crippen molar-refractivity contribution < 1.29 is 4.79 Å². The van der Waals surface area contributed by atoms with Gasteiger partial charge in [-0.15, -0.1) is 0 Å². The Morgan fingerprint density at radius 1 is 1.45 bits per heavy atom. The van der Waals surface area contributed by atoms with Crippen molar-refractivity contribution in [2.45, 2.75) is 33.1 Å². The molecule has 1 atom stereocenters. The number of carbonyl (C=O) groups excluding carboxylic acids is 1. The maximum atomic E-state index is 11.5. The van der Waals surface area contributed by atoms with Crippen molar-refractivity contribution >= 4 is 5.91 Å². The van der Waals surface area contributed by atoms with Crippen molar-refractivity contribution in [1.29, 1.82) is 0 Å². The summed E-state index contributed by atoms with van der Waals surface area (Å²) < 4.78 is 0. The highest BCUT2D eigenvalue weighted by Gasteiger charge is 2.21. The van der Waals surface area contributed by atoms with Crippen LogP contribution in [0.4, 0.5) is 0 Å². The second-order valence-corrected chi connectivity index (χ2v) is 3.34. The number of amides is 1. The quantitative estimate of drug-likeness (QED) is 0.594. The molecule has 1 heterocycles. The van der Waals surface area contributed by atoms with Gasteiger partial charge in [-0.2, -0.15) is 0 Å². The van der Waals surface area contributed by atoms with Crippen molar-refractivity contribution in [2.24, 2.45) is 5.92 Å². The Hall–Kier alpha value is -0.530. The first-order chi connectivity index (χ1) is 5.25. The van der Waals surface area contributed by atoms with E-state index >= 15 is 0 Å². The number of rotatable bonds is 2. The van der Waals surface area contributed by atoms with Gasteiger partial charge in [-0.1, -0.05) is 13.8 Å². The van der Waals surface area contributed by atoms with Gasteiger partial charge in [0, 0.05) is 19.0 Å². The molecule has 64 valence electrons. The van der Waals surface area contributed by atoms with Gasteiger partial charge in [-0.3, -0.25) is 4.79 Å². The van der Waals surface area contributed by atoms with Gasteiger partial charge in [0.25, 0.3) is 0 Å². The number of hydrogen-bond acceptors (Lipinski definition) is 1. The van der Waals surface area contributed by atoms with Gasteiger partial charge in [0.2, 0.25) is 5.91 Å². The minimum absolute atomic E-state index is 0.230. The Morgan fingerprint density at radius 2 is 2.00 bits per heavy atom. The standard InChI is InChI=1S/C9H17NO/c1-3-8(2)9(11)10-6-4-5-7-10/h8H,3-7H2,1-2H3/t8-/m1/s1. The van der Waals surface area contributed by atoms with E-state index in [0.29, 0.717) is 5.91 Å². The molecule has 0 saturated carbocycles. The van der Waals surface area contributed by atoms with Crippen LogP contribution in [-0.2, 0) is 4.79 Å². The summed E-state index contributed by atoms with van der Waals surface area (Å²) in [6, 6.07) is 0. The van der Waals surface area contributed by atoms with E-state index in [0.717, 1.165) is 19.5 Å². The monoisotopic (exact) mass is 155 g/mol. The van der Waals surface area contributed by atoms with Gasteiger partial charge < -0.3 is 4.90 Å². The fourth-order valence-electron chi connectivity index (χ4n) is 1.42. The predicted octanol–water partition coefficient (Wildman–Crippen LogP) is 1.65. The lowest BCUT2D eigenvalue weighted by Gasteiger charge is -2.18. The zero-order valence-electron chi connectivity index (χ0n) is 7.47. The van der Waals surface area contributed by atoms with Crippen LogP contribution >= 0.6 is 0 Å². The highest BCUT2D eigenvalue weighted by Crippen LogP contribution is 2.13. The van der Waals surface area contributed by atoms with E-state index < -0.39 is 0 Å². The first-order valence-electron chi connectivity index (χ1n) is 4.54. The summed E-state index contributed by atoms with van der Waals surface area (Å²) in [7, 11) is 0. The van der Waals surface area contributed by atoms with Crippen molar-refractivity contribution in [3.63, 3.8) is 0 Å². The van der Waals surface area contributed by atoms with Crippen LogP contribution in [0, 0.1) is 5.92 Å². The highest BCUT2D eigenvalue weighted by atomic mass is 16.2. The Kier molecular flexibility index (Phi) is 2.92. The molecule has 0 spiro atoms. The number of hydrogen-bond donors (Lipinski definition) is 0. The number of nitrogens with zero attached hydrogens (tertiary/aromatic N) is 1. The summed E-state index contributed by atoms with van der Waals surface area (Å²) >= 11 is 0. The van der Waals surface area contributed by atoms with Crippen molar-refractivity contribution in [1.82, 2.24) is 4.90 Å². The summed E-state index contributed by atoms with van der Waals surface area (Å²) in [4.78, 5) is 13.5. The summed E-state index contributed by atoms with van der Waals surface area (Å²) in [6.45, 7) is 6.06. The van der Waals surface area contributed by atoms with Gasteiger partial charge in [0.05, 0.1) is 0 Å². The first-order valence-corrected chi connectivity index (χ1v) is 4.54. The molecule has 11 heavy (non-hydrogen) atoms. The molecule has 1 saturated heterocycles. The third-order valence-electron chi connectivity index (χ3n) is 2.45. The van der Waals surface area contributed by atoms with Crippen LogP contribution < -0.4 is 0 Å². The molecule has 1 rings (SSSR count). The molecule has 2 heteroatoms. The molecule has 0 radical (unpaired) electrons. The molecule has 0 unspecified atom stereocenters. The largest absolute Gasteiger partial charge is 0.342 e. The van der Waals surface area contributed by atoms with Crippen LogP contribution in [0.2, 0.25) is 0 Å². The molecule has 0 bridgehead atoms. The summed E-state index contributed by atoms with van der Waals surface area (Å²) in [5.74, 6) is 0.582. The van der Waals surface area contributed by atoms with E-state index in [1.807, 2.05) is 11.8 Å². The van der Waals surface area contributed by atoms with Crippen LogP contribution in [0.3, 0.4) is 0 Å². The third-order valence-corrected chi connectivity index (χ3v) is 2.45. The predicted molar refractivity (Wildman–Crippen MR) is 45.3 cm³/mol. The lowest BCUT2D eigenvalue weighted by molar-refractivity contribution is -0.133. The SMILES string of the molecule is CC[C@@H](C)C(=O)N1CCCC1. The zero-order valence-corrected chi connectivity index (χ0v) is 7.47. The van der Waals surface area contributed by atoms with Crippen LogP contribution in [-0.4, -0.2) is 23.9 Å². The van der Waals surface area contributed by atoms with E-state index in [-0.39, 0.29) is 5.92 Å². The van der Waals surface area contributed by atoms with Crippen molar-refractivity contribution in [3.05, 3.63) is 0 Å². The summed E-state index contributed by atoms with van der Waals surface area (Å²) in [5, 5.41) is 0. The average molecular weight is 155 g/mol. The molecule has 0 aromatic rings. The van der Waals surface area contributed by atoms with E-state index in [1.165, 1.54) is 12.8 Å². The van der Waals surface area contributed by atoms with E-state index in [9.17, 15) is 4.79 Å². The Bertz CT molecular complexity index is 138. The molecule has 2 nitrogen and oxygen atoms in total. The Morgan fingerprint density at radius 3 is 2.45 bits per heavy atom. The molecule has 0 aromatic heterocycles. The Balaban J connectivity index is 2.39. The van der Waals surface area contributed by atoms with Gasteiger partial charge in [-0.05, 0) is 19.3 Å². The lowest BCUT2D eigenvalue weighted by atomic mass is 10.1. The van der Waals surface area contributed by atoms with Crippen molar-refractivity contribution in [2.75, 3.05) is 13.1 Å². The van der Waals surface area contributed by atoms with Gasteiger partial charge in [-0.25, -0.2) is 0 Å². The first kappa shape index (κ1) is 8.57. The van der Waals surface area contributed by atoms with Crippen LogP contribution in [0.1, 0.15) is 33.1 Å². The van der Waals surface area contributed by atoms with Crippen LogP contribution in [0.25, 0.3) is 0 Å². The van der Waals surface area contributed by atoms with E-state index in [1.54, 1.807) is 0 Å². The molecule has 1 aliphatic heterocycles. The van der Waals surface area contributed by atoms with E-state index in [2.05, 4.69) is 6.92 Å². The van der Waals surface area contributed by atoms with Crippen LogP contribution in [0.15, 0.2) is 0 Å². The minimum Gasteiger partial charge on any atom is -0.342 e. The van der Waals surface area contributed by atoms with Crippen molar-refractivity contribution in [3.8, 4) is 0 Å². The molecular weight excluding hydrogens is 138 g/mol. The second kappa shape index (κ2) is 3.74. The smallest absolute Gasteiger partial charge is 0.225 e. The molecule has 0 aromatic carbocycles. The second-order valence-electron chi connectivity index (χ2n) is 3.34. The minimum atomic E-state index is 0.230. The summed E-state index contributed by atoms with van der Waals surface area (Å²) in [5.41, 5.74) is 0. The maximum Gasteiger partial charge on any atom is 0.225 e. The normalized spacial score (nSPS) is 20.4. The number of likely N-dealkylation sites (tertiary alicyclic amines) is 1. The fraction of sp³-hybridized carbons (Fsp3) is 0.889. The van der Waals surface area contributed by atoms with Gasteiger partial charge >= 0.3 is 0 Å². The van der Waals surface area contributed by atoms with Crippen LogP contribution in [0.5, 0.6) is 0 Å². The lowest BCUT2D eigenvalue weighted by Crippen LogP contribution is -2.32. The zero-order chi connectivity index (χ0) is 8.27. The fourth-order valence-corrected chi connectivity index (χ4v) is 1.42. The van der Waals surface area contributed by atoms with Gasteiger partial charge in [0.15, 0.2) is 0 Å². The average Bonchev–Trinajstić information content (AvgIpc) is 2.53.